The van der Waals surface area contributed by atoms with Crippen molar-refractivity contribution in [2.75, 3.05) is 0 Å². The van der Waals surface area contributed by atoms with Crippen LogP contribution in [-0.4, -0.2) is 11.9 Å². The van der Waals surface area contributed by atoms with Gasteiger partial charge in [-0.15, -0.1) is 0 Å². The Morgan fingerprint density at radius 3 is 1.73 bits per heavy atom. The molecule has 0 aliphatic carbocycles. The van der Waals surface area contributed by atoms with Crippen molar-refractivity contribution in [3.8, 4) is 0 Å². The van der Waals surface area contributed by atoms with Crippen LogP contribution in [0.1, 0.15) is 36.0 Å². The number of aryl methyl sites for hydroxylation is 1. The average molecular weight is 343 g/mol. The van der Waals surface area contributed by atoms with E-state index in [9.17, 15) is 4.79 Å². The molecule has 1 N–H and O–H groups in total. The molecule has 0 fully saturated rings. The van der Waals surface area contributed by atoms with Gasteiger partial charge >= 0.3 is 0 Å². The van der Waals surface area contributed by atoms with Gasteiger partial charge in [0.25, 0.3) is 0 Å². The van der Waals surface area contributed by atoms with Crippen molar-refractivity contribution < 1.29 is 4.79 Å². The van der Waals surface area contributed by atoms with Crippen molar-refractivity contribution >= 4 is 5.91 Å². The molecule has 1 atom stereocenters. The molecule has 3 aromatic carbocycles. The second-order valence-electron chi connectivity index (χ2n) is 6.64. The molecule has 26 heavy (non-hydrogen) atoms. The largest absolute Gasteiger partial charge is 0.353 e. The third kappa shape index (κ3) is 4.82. The lowest BCUT2D eigenvalue weighted by Gasteiger charge is -2.26. The molecular weight excluding hydrogens is 318 g/mol. The highest BCUT2D eigenvalue weighted by molar-refractivity contribution is 5.76. The van der Waals surface area contributed by atoms with E-state index in [1.54, 1.807) is 0 Å². The van der Waals surface area contributed by atoms with Crippen molar-refractivity contribution in [3.05, 3.63) is 108 Å². The Kier molecular flexibility index (Phi) is 6.21. The number of hydrogen-bond acceptors (Lipinski definition) is 1. The van der Waals surface area contributed by atoms with Crippen LogP contribution in [0.2, 0.25) is 0 Å². The van der Waals surface area contributed by atoms with Gasteiger partial charge in [0.2, 0.25) is 5.91 Å². The fourth-order valence-corrected chi connectivity index (χ4v) is 3.40. The normalized spacial score (nSPS) is 11.9. The monoisotopic (exact) mass is 343 g/mol. The van der Waals surface area contributed by atoms with Gasteiger partial charge in [-0.3, -0.25) is 4.79 Å². The third-order valence-corrected chi connectivity index (χ3v) is 4.69. The highest BCUT2D eigenvalue weighted by atomic mass is 16.1. The molecule has 1 amide bonds. The van der Waals surface area contributed by atoms with Crippen LogP contribution in [0.25, 0.3) is 0 Å². The summed E-state index contributed by atoms with van der Waals surface area (Å²) in [4.78, 5) is 12.5. The smallest absolute Gasteiger partial charge is 0.220 e. The molecule has 0 spiro atoms. The number of carbonyl (C=O) groups excluding carboxylic acids is 1. The van der Waals surface area contributed by atoms with Crippen LogP contribution in [0, 0.1) is 0 Å². The molecule has 0 aromatic heterocycles. The van der Waals surface area contributed by atoms with Gasteiger partial charge in [-0.25, -0.2) is 0 Å². The molecule has 0 saturated carbocycles. The molecule has 0 heterocycles. The predicted octanol–water partition coefficient (Wildman–Crippen LogP) is 4.96. The van der Waals surface area contributed by atoms with Crippen LogP contribution >= 0.6 is 0 Å². The minimum atomic E-state index is 0.0167. The van der Waals surface area contributed by atoms with Gasteiger partial charge < -0.3 is 5.32 Å². The molecule has 3 aromatic rings. The molecule has 0 bridgehead atoms. The molecule has 2 heteroatoms. The highest BCUT2D eigenvalue weighted by Crippen LogP contribution is 2.28. The zero-order chi connectivity index (χ0) is 18.2. The Bertz CT molecular complexity index is 760. The first-order valence-corrected chi connectivity index (χ1v) is 9.17. The van der Waals surface area contributed by atoms with E-state index in [0.717, 1.165) is 6.42 Å². The second-order valence-corrected chi connectivity index (χ2v) is 6.64. The summed E-state index contributed by atoms with van der Waals surface area (Å²) in [6.45, 7) is 2.09. The van der Waals surface area contributed by atoms with E-state index in [4.69, 9.17) is 0 Å². The molecule has 0 aliphatic rings. The Balaban J connectivity index is 1.69. The van der Waals surface area contributed by atoms with E-state index in [0.29, 0.717) is 6.42 Å². The molecule has 0 radical (unpaired) electrons. The van der Waals surface area contributed by atoms with Crippen molar-refractivity contribution in [1.29, 1.82) is 0 Å². The Labute approximate surface area is 155 Å². The first-order valence-electron chi connectivity index (χ1n) is 9.17. The van der Waals surface area contributed by atoms with Crippen molar-refractivity contribution in [1.82, 2.24) is 5.32 Å². The zero-order valence-electron chi connectivity index (χ0n) is 15.1. The van der Waals surface area contributed by atoms with Crippen LogP contribution in [0.4, 0.5) is 0 Å². The van der Waals surface area contributed by atoms with Crippen LogP contribution < -0.4 is 5.32 Å². The number of benzene rings is 3. The maximum atomic E-state index is 12.5. The minimum absolute atomic E-state index is 0.0167. The zero-order valence-corrected chi connectivity index (χ0v) is 15.1. The van der Waals surface area contributed by atoms with Gasteiger partial charge in [0.1, 0.15) is 0 Å². The fraction of sp³-hybridized carbons (Fsp3) is 0.208. The number of nitrogens with one attached hydrogen (secondary N) is 1. The summed E-state index contributed by atoms with van der Waals surface area (Å²) in [6, 6.07) is 30.9. The fourth-order valence-electron chi connectivity index (χ4n) is 3.40. The number of rotatable bonds is 7. The van der Waals surface area contributed by atoms with Gasteiger partial charge in [-0.1, -0.05) is 91.0 Å². The van der Waals surface area contributed by atoms with Crippen LogP contribution in [-0.2, 0) is 11.2 Å². The molecule has 132 valence electrons. The molecular formula is C24H25NO. The number of amides is 1. The van der Waals surface area contributed by atoms with E-state index in [1.807, 2.05) is 30.3 Å². The predicted molar refractivity (Wildman–Crippen MR) is 107 cm³/mol. The summed E-state index contributed by atoms with van der Waals surface area (Å²) in [5, 5.41) is 3.21. The lowest BCUT2D eigenvalue weighted by Crippen LogP contribution is -2.37. The van der Waals surface area contributed by atoms with Gasteiger partial charge in [0, 0.05) is 18.4 Å². The van der Waals surface area contributed by atoms with Gasteiger partial charge in [-0.2, -0.15) is 0 Å². The Hall–Kier alpha value is -2.87. The quantitative estimate of drug-likeness (QED) is 0.646. The number of carbonyl (C=O) groups is 1. The van der Waals surface area contributed by atoms with E-state index in [-0.39, 0.29) is 17.9 Å². The minimum Gasteiger partial charge on any atom is -0.353 e. The molecule has 0 saturated heterocycles. The summed E-state index contributed by atoms with van der Waals surface area (Å²) in [6.07, 6.45) is 1.27. The van der Waals surface area contributed by atoms with Crippen LogP contribution in [0.5, 0.6) is 0 Å². The maximum absolute atomic E-state index is 12.5. The molecule has 0 aliphatic heterocycles. The van der Waals surface area contributed by atoms with Crippen LogP contribution in [0.15, 0.2) is 91.0 Å². The molecule has 3 rings (SSSR count). The van der Waals surface area contributed by atoms with Gasteiger partial charge in [-0.05, 0) is 30.0 Å². The van der Waals surface area contributed by atoms with E-state index >= 15 is 0 Å². The van der Waals surface area contributed by atoms with Crippen molar-refractivity contribution in [2.45, 2.75) is 31.7 Å². The number of hydrogen-bond donors (Lipinski definition) is 1. The topological polar surface area (TPSA) is 29.1 Å². The van der Waals surface area contributed by atoms with E-state index < -0.39 is 0 Å². The summed E-state index contributed by atoms with van der Waals surface area (Å²) in [7, 11) is 0. The summed E-state index contributed by atoms with van der Waals surface area (Å²) in [5.74, 6) is 0.233. The molecule has 2 nitrogen and oxygen atoms in total. The van der Waals surface area contributed by atoms with Gasteiger partial charge in [0.15, 0.2) is 0 Å². The first-order chi connectivity index (χ1) is 12.7. The highest BCUT2D eigenvalue weighted by Gasteiger charge is 2.22. The van der Waals surface area contributed by atoms with E-state index in [1.165, 1.54) is 16.7 Å². The summed E-state index contributed by atoms with van der Waals surface area (Å²) in [5.41, 5.74) is 3.63. The molecule has 1 unspecified atom stereocenters. The Morgan fingerprint density at radius 2 is 1.23 bits per heavy atom. The van der Waals surface area contributed by atoms with E-state index in [2.05, 4.69) is 72.9 Å². The van der Waals surface area contributed by atoms with Gasteiger partial charge in [0.05, 0.1) is 0 Å². The summed E-state index contributed by atoms with van der Waals surface area (Å²) < 4.78 is 0. The summed E-state index contributed by atoms with van der Waals surface area (Å²) >= 11 is 0. The lowest BCUT2D eigenvalue weighted by molar-refractivity contribution is -0.121. The standard InChI is InChI=1S/C24H25NO/c1-19(25-23(26)18-17-20-11-5-2-6-12-20)24(21-13-7-3-8-14-21)22-15-9-4-10-16-22/h2-16,19,24H,17-18H2,1H3,(H,25,26). The van der Waals surface area contributed by atoms with Crippen molar-refractivity contribution in [2.24, 2.45) is 0 Å². The average Bonchev–Trinajstić information content (AvgIpc) is 2.69. The first kappa shape index (κ1) is 17.9. The third-order valence-electron chi connectivity index (χ3n) is 4.69. The SMILES string of the molecule is CC(NC(=O)CCc1ccccc1)C(c1ccccc1)c1ccccc1. The second kappa shape index (κ2) is 9.00. The van der Waals surface area contributed by atoms with Crippen LogP contribution in [0.3, 0.4) is 0 Å². The van der Waals surface area contributed by atoms with Crippen molar-refractivity contribution in [3.63, 3.8) is 0 Å². The maximum Gasteiger partial charge on any atom is 0.220 e. The Morgan fingerprint density at radius 1 is 0.769 bits per heavy atom. The lowest BCUT2D eigenvalue weighted by atomic mass is 9.85.